The molecule has 0 saturated heterocycles. The van der Waals surface area contributed by atoms with Crippen LogP contribution in [0.1, 0.15) is 104 Å². The van der Waals surface area contributed by atoms with Crippen molar-refractivity contribution in [2.75, 3.05) is 0 Å². The number of hydrogen-bond acceptors (Lipinski definition) is 0. The molecule has 0 aliphatic heterocycles. The van der Waals surface area contributed by atoms with Crippen molar-refractivity contribution in [1.82, 2.24) is 0 Å². The first-order chi connectivity index (χ1) is 9.41. The Morgan fingerprint density at radius 1 is 0.421 bits per heavy atom. The summed E-state index contributed by atoms with van der Waals surface area (Å²) in [6, 6.07) is 0. The van der Waals surface area contributed by atoms with E-state index >= 15 is 0 Å². The Morgan fingerprint density at radius 2 is 0.737 bits per heavy atom. The van der Waals surface area contributed by atoms with E-state index in [1.165, 1.54) is 103 Å². The molecule has 0 bridgehead atoms. The minimum Gasteiger partial charge on any atom is -0.0803 e. The SMILES string of the molecule is CCCCCCCCC[B]CCCCCCCCC. The molecule has 0 fully saturated rings. The monoisotopic (exact) mass is 265 g/mol. The van der Waals surface area contributed by atoms with Gasteiger partial charge in [-0.25, -0.2) is 0 Å². The zero-order chi connectivity index (χ0) is 14.0. The summed E-state index contributed by atoms with van der Waals surface area (Å²) in [6.45, 7) is 4.58. The van der Waals surface area contributed by atoms with E-state index in [9.17, 15) is 0 Å². The molecular formula is C18H38B. The molecule has 0 saturated carbocycles. The van der Waals surface area contributed by atoms with Gasteiger partial charge in [-0.15, -0.1) is 0 Å². The van der Waals surface area contributed by atoms with Gasteiger partial charge < -0.3 is 0 Å². The molecule has 113 valence electrons. The fraction of sp³-hybridized carbons (Fsp3) is 1.00. The second-order valence-corrected chi connectivity index (χ2v) is 6.11. The van der Waals surface area contributed by atoms with Crippen molar-refractivity contribution in [2.45, 2.75) is 116 Å². The molecule has 0 aromatic heterocycles. The van der Waals surface area contributed by atoms with Crippen LogP contribution in [0.4, 0.5) is 0 Å². The van der Waals surface area contributed by atoms with Crippen molar-refractivity contribution in [3.8, 4) is 0 Å². The topological polar surface area (TPSA) is 0 Å². The maximum atomic E-state index is 2.54. The highest BCUT2D eigenvalue weighted by atomic mass is 14.0. The van der Waals surface area contributed by atoms with E-state index in [-0.39, 0.29) is 0 Å². The minimum absolute atomic E-state index is 1.36. The molecule has 0 amide bonds. The van der Waals surface area contributed by atoms with Gasteiger partial charge in [0, 0.05) is 0 Å². The van der Waals surface area contributed by atoms with Crippen LogP contribution in [0, 0.1) is 0 Å². The molecule has 1 heteroatoms. The second-order valence-electron chi connectivity index (χ2n) is 6.11. The fourth-order valence-corrected chi connectivity index (χ4v) is 2.64. The molecular weight excluding hydrogens is 227 g/mol. The molecule has 0 atom stereocenters. The minimum atomic E-state index is 1.36. The van der Waals surface area contributed by atoms with Crippen molar-refractivity contribution < 1.29 is 0 Å². The molecule has 0 aromatic rings. The van der Waals surface area contributed by atoms with Crippen LogP contribution in [-0.4, -0.2) is 7.28 Å². The van der Waals surface area contributed by atoms with E-state index in [2.05, 4.69) is 21.1 Å². The van der Waals surface area contributed by atoms with Gasteiger partial charge in [-0.05, 0) is 0 Å². The van der Waals surface area contributed by atoms with Crippen molar-refractivity contribution in [2.24, 2.45) is 0 Å². The number of hydrogen-bond donors (Lipinski definition) is 0. The third kappa shape index (κ3) is 18.1. The Bertz CT molecular complexity index is 129. The third-order valence-corrected chi connectivity index (χ3v) is 4.02. The Hall–Kier alpha value is 0.0649. The molecule has 19 heavy (non-hydrogen) atoms. The van der Waals surface area contributed by atoms with Crippen molar-refractivity contribution in [3.63, 3.8) is 0 Å². The van der Waals surface area contributed by atoms with Gasteiger partial charge in [0.15, 0.2) is 0 Å². The Balaban J connectivity index is 2.88. The zero-order valence-corrected chi connectivity index (χ0v) is 13.9. The van der Waals surface area contributed by atoms with Crippen LogP contribution in [0.5, 0.6) is 0 Å². The maximum absolute atomic E-state index is 2.54. The zero-order valence-electron chi connectivity index (χ0n) is 13.9. The van der Waals surface area contributed by atoms with E-state index in [4.69, 9.17) is 0 Å². The summed E-state index contributed by atoms with van der Waals surface area (Å²) >= 11 is 0. The van der Waals surface area contributed by atoms with Gasteiger partial charge in [-0.3, -0.25) is 0 Å². The molecule has 0 aliphatic carbocycles. The molecule has 0 aromatic carbocycles. The predicted octanol–water partition coefficient (Wildman–Crippen LogP) is 7.03. The van der Waals surface area contributed by atoms with Gasteiger partial charge >= 0.3 is 0 Å². The van der Waals surface area contributed by atoms with Crippen LogP contribution in [0.2, 0.25) is 12.6 Å². The standard InChI is InChI=1S/C18H38B/c1-3-5-7-9-11-13-15-17-19-18-16-14-12-10-8-6-4-2/h3-18H2,1-2H3. The summed E-state index contributed by atoms with van der Waals surface area (Å²) < 4.78 is 0. The highest BCUT2D eigenvalue weighted by molar-refractivity contribution is 6.35. The van der Waals surface area contributed by atoms with Gasteiger partial charge in [-0.2, -0.15) is 0 Å². The average molecular weight is 265 g/mol. The first-order valence-corrected chi connectivity index (χ1v) is 9.23. The number of unbranched alkanes of at least 4 members (excludes halogenated alkanes) is 12. The summed E-state index contributed by atoms with van der Waals surface area (Å²) in [5.74, 6) is 0. The molecule has 0 nitrogen and oxygen atoms in total. The van der Waals surface area contributed by atoms with Crippen molar-refractivity contribution in [3.05, 3.63) is 0 Å². The molecule has 0 spiro atoms. The molecule has 0 unspecified atom stereocenters. The van der Waals surface area contributed by atoms with E-state index in [0.29, 0.717) is 0 Å². The van der Waals surface area contributed by atoms with Crippen LogP contribution in [-0.2, 0) is 0 Å². The van der Waals surface area contributed by atoms with Crippen LogP contribution in [0.15, 0.2) is 0 Å². The summed E-state index contributed by atoms with van der Waals surface area (Å²) in [6.07, 6.45) is 22.9. The smallest absolute Gasteiger partial charge is 0.0803 e. The van der Waals surface area contributed by atoms with Crippen LogP contribution in [0.3, 0.4) is 0 Å². The fourth-order valence-electron chi connectivity index (χ4n) is 2.64. The molecule has 0 N–H and O–H groups in total. The maximum Gasteiger partial charge on any atom is 0.109 e. The van der Waals surface area contributed by atoms with Crippen LogP contribution in [0.25, 0.3) is 0 Å². The summed E-state index contributed by atoms with van der Waals surface area (Å²) in [5, 5.41) is 0. The Labute approximate surface area is 124 Å². The van der Waals surface area contributed by atoms with E-state index in [0.717, 1.165) is 0 Å². The van der Waals surface area contributed by atoms with Crippen molar-refractivity contribution in [1.29, 1.82) is 0 Å². The second kappa shape index (κ2) is 18.1. The molecule has 0 rings (SSSR count). The average Bonchev–Trinajstić information content (AvgIpc) is 2.43. The first-order valence-electron chi connectivity index (χ1n) is 9.23. The largest absolute Gasteiger partial charge is 0.109 e. The van der Waals surface area contributed by atoms with Crippen molar-refractivity contribution >= 4 is 7.28 Å². The van der Waals surface area contributed by atoms with Crippen LogP contribution < -0.4 is 0 Å². The Morgan fingerprint density at radius 3 is 1.11 bits per heavy atom. The van der Waals surface area contributed by atoms with Gasteiger partial charge in [-0.1, -0.05) is 116 Å². The quantitative estimate of drug-likeness (QED) is 0.207. The lowest BCUT2D eigenvalue weighted by atomic mass is 9.68. The van der Waals surface area contributed by atoms with E-state index in [1.807, 2.05) is 0 Å². The van der Waals surface area contributed by atoms with Gasteiger partial charge in [0.25, 0.3) is 0 Å². The van der Waals surface area contributed by atoms with E-state index in [1.54, 1.807) is 0 Å². The molecule has 0 aliphatic rings. The number of rotatable bonds is 16. The molecule has 1 radical (unpaired) electrons. The lowest BCUT2D eigenvalue weighted by Gasteiger charge is -2.02. The normalized spacial score (nSPS) is 10.8. The lowest BCUT2D eigenvalue weighted by molar-refractivity contribution is 0.597. The van der Waals surface area contributed by atoms with Gasteiger partial charge in [0.05, 0.1) is 0 Å². The van der Waals surface area contributed by atoms with Crippen LogP contribution >= 0.6 is 0 Å². The third-order valence-electron chi connectivity index (χ3n) is 4.02. The first kappa shape index (κ1) is 19.1. The highest BCUT2D eigenvalue weighted by Gasteiger charge is 1.95. The summed E-state index contributed by atoms with van der Waals surface area (Å²) in [4.78, 5) is 0. The summed E-state index contributed by atoms with van der Waals surface area (Å²) in [7, 11) is 2.54. The van der Waals surface area contributed by atoms with Gasteiger partial charge in [0.2, 0.25) is 0 Å². The predicted molar refractivity (Wildman–Crippen MR) is 91.4 cm³/mol. The molecule has 0 heterocycles. The van der Waals surface area contributed by atoms with Gasteiger partial charge in [0.1, 0.15) is 7.28 Å². The van der Waals surface area contributed by atoms with E-state index < -0.39 is 0 Å². The highest BCUT2D eigenvalue weighted by Crippen LogP contribution is 2.11. The lowest BCUT2D eigenvalue weighted by Crippen LogP contribution is -1.90. The Kier molecular flexibility index (Phi) is 18.1. The summed E-state index contributed by atoms with van der Waals surface area (Å²) in [5.41, 5.74) is 0.